The predicted molar refractivity (Wildman–Crippen MR) is 131 cm³/mol. The molecule has 0 spiro atoms. The Kier molecular flexibility index (Phi) is 8.64. The van der Waals surface area contributed by atoms with Gasteiger partial charge in [-0.3, -0.25) is 10.1 Å². The monoisotopic (exact) mass is 534 g/mol. The van der Waals surface area contributed by atoms with Gasteiger partial charge < -0.3 is 14.2 Å². The van der Waals surface area contributed by atoms with Crippen LogP contribution in [-0.2, 0) is 14.6 Å². The number of hydrogen-bond donors (Lipinski definition) is 1. The van der Waals surface area contributed by atoms with E-state index in [9.17, 15) is 18.5 Å². The van der Waals surface area contributed by atoms with Gasteiger partial charge in [0.15, 0.2) is 0 Å². The van der Waals surface area contributed by atoms with Crippen LogP contribution in [0.4, 0.5) is 5.13 Å². The maximum absolute atomic E-state index is 12.4. The zero-order valence-electron chi connectivity index (χ0n) is 18.5. The second-order valence-corrected chi connectivity index (χ2v) is 9.91. The number of halogens is 1. The lowest BCUT2D eigenvalue weighted by Crippen LogP contribution is -2.13. The Morgan fingerprint density at radius 2 is 1.86 bits per heavy atom. The topological polar surface area (TPSA) is 140 Å². The third-order valence-electron chi connectivity index (χ3n) is 4.26. The van der Waals surface area contributed by atoms with E-state index in [0.29, 0.717) is 28.6 Å². The third-order valence-corrected chi connectivity index (χ3v) is 6.15. The molecule has 0 unspecified atom stereocenters. The molecule has 1 amide bonds. The molecule has 0 aliphatic carbocycles. The number of methoxy groups -OCH3 is 1. The number of hydrogen-bond acceptors (Lipinski definition) is 10. The Labute approximate surface area is 210 Å². The van der Waals surface area contributed by atoms with Crippen molar-refractivity contribution in [1.29, 1.82) is 5.26 Å². The summed E-state index contributed by atoms with van der Waals surface area (Å²) in [7, 11) is -2.02. The standard InChI is InChI=1S/C22H19ClN4O6S2/c1-31-16-4-6-17(7-5-16)32-9-10-33-19-8-3-14(12-18(19)23)11-15(13-24)20(28)25-21-26-22(27-34-21)35(2,29)30/h3-8,11-12H,9-10H2,1-2H3,(H,25,26,27,28)/b15-11-. The number of amides is 1. The van der Waals surface area contributed by atoms with Crippen molar-refractivity contribution in [3.63, 3.8) is 0 Å². The first-order chi connectivity index (χ1) is 16.7. The summed E-state index contributed by atoms with van der Waals surface area (Å²) in [5, 5.41) is 11.6. The molecule has 0 saturated carbocycles. The highest BCUT2D eigenvalue weighted by Crippen LogP contribution is 2.27. The van der Waals surface area contributed by atoms with Crippen molar-refractivity contribution in [2.24, 2.45) is 0 Å². The zero-order valence-corrected chi connectivity index (χ0v) is 20.9. The lowest BCUT2D eigenvalue weighted by molar-refractivity contribution is -0.112. The maximum atomic E-state index is 12.4. The van der Waals surface area contributed by atoms with E-state index < -0.39 is 20.9 Å². The Morgan fingerprint density at radius 1 is 1.17 bits per heavy atom. The number of carbonyl (C=O) groups excluding carboxylic acids is 1. The largest absolute Gasteiger partial charge is 0.497 e. The number of nitrogens with zero attached hydrogens (tertiary/aromatic N) is 3. The second-order valence-electron chi connectivity index (χ2n) is 6.84. The van der Waals surface area contributed by atoms with Crippen molar-refractivity contribution in [3.05, 3.63) is 58.6 Å². The molecule has 2 aromatic carbocycles. The van der Waals surface area contributed by atoms with Crippen LogP contribution in [0.15, 0.2) is 53.2 Å². The number of benzene rings is 2. The molecule has 0 atom stereocenters. The summed E-state index contributed by atoms with van der Waals surface area (Å²) in [5.41, 5.74) is 0.247. The molecular weight excluding hydrogens is 516 g/mol. The van der Waals surface area contributed by atoms with E-state index in [1.165, 1.54) is 6.08 Å². The van der Waals surface area contributed by atoms with Crippen LogP contribution in [0.2, 0.25) is 5.02 Å². The lowest BCUT2D eigenvalue weighted by atomic mass is 10.1. The highest BCUT2D eigenvalue weighted by molar-refractivity contribution is 7.90. The van der Waals surface area contributed by atoms with Crippen LogP contribution in [-0.4, -0.2) is 50.3 Å². The molecule has 0 aliphatic rings. The molecule has 1 N–H and O–H groups in total. The van der Waals surface area contributed by atoms with Gasteiger partial charge in [0.1, 0.15) is 42.1 Å². The first-order valence-corrected chi connectivity index (χ1v) is 12.9. The normalized spacial score (nSPS) is 11.4. The summed E-state index contributed by atoms with van der Waals surface area (Å²) in [6, 6.07) is 13.7. The fraction of sp³-hybridized carbons (Fsp3) is 0.182. The molecule has 3 aromatic rings. The first-order valence-electron chi connectivity index (χ1n) is 9.85. The molecule has 182 valence electrons. The van der Waals surface area contributed by atoms with Gasteiger partial charge >= 0.3 is 0 Å². The minimum Gasteiger partial charge on any atom is -0.497 e. The number of rotatable bonds is 10. The van der Waals surface area contributed by atoms with Gasteiger partial charge in [-0.2, -0.15) is 14.6 Å². The number of ether oxygens (including phenoxy) is 3. The molecule has 0 bridgehead atoms. The molecule has 0 saturated heterocycles. The van der Waals surface area contributed by atoms with Crippen LogP contribution in [0.3, 0.4) is 0 Å². The average molecular weight is 535 g/mol. The quantitative estimate of drug-likeness (QED) is 0.234. The second kappa shape index (κ2) is 11.7. The smallest absolute Gasteiger partial charge is 0.268 e. The molecule has 35 heavy (non-hydrogen) atoms. The van der Waals surface area contributed by atoms with Crippen LogP contribution < -0.4 is 19.5 Å². The van der Waals surface area contributed by atoms with Crippen molar-refractivity contribution >= 4 is 50.1 Å². The van der Waals surface area contributed by atoms with Gasteiger partial charge in [-0.15, -0.1) is 0 Å². The minimum atomic E-state index is -3.61. The number of nitrogens with one attached hydrogen (secondary N) is 1. The molecule has 13 heteroatoms. The van der Waals surface area contributed by atoms with E-state index in [0.717, 1.165) is 12.0 Å². The summed E-state index contributed by atoms with van der Waals surface area (Å²) < 4.78 is 42.9. The molecule has 3 rings (SSSR count). The molecule has 0 aliphatic heterocycles. The number of aromatic nitrogens is 2. The van der Waals surface area contributed by atoms with Crippen LogP contribution in [0, 0.1) is 11.3 Å². The van der Waals surface area contributed by atoms with Crippen LogP contribution in [0.25, 0.3) is 6.08 Å². The summed E-state index contributed by atoms with van der Waals surface area (Å²) in [6.07, 6.45) is 2.28. The number of carbonyl (C=O) groups is 1. The van der Waals surface area contributed by atoms with E-state index in [2.05, 4.69) is 14.7 Å². The molecular formula is C22H19ClN4O6S2. The number of nitriles is 1. The zero-order chi connectivity index (χ0) is 25.4. The Morgan fingerprint density at radius 3 is 2.46 bits per heavy atom. The van der Waals surface area contributed by atoms with Gasteiger partial charge in [-0.05, 0) is 48.0 Å². The van der Waals surface area contributed by atoms with E-state index in [-0.39, 0.29) is 28.9 Å². The van der Waals surface area contributed by atoms with Crippen LogP contribution >= 0.6 is 23.1 Å². The van der Waals surface area contributed by atoms with Crippen molar-refractivity contribution in [3.8, 4) is 23.3 Å². The molecule has 10 nitrogen and oxygen atoms in total. The van der Waals surface area contributed by atoms with E-state index in [1.54, 1.807) is 55.6 Å². The van der Waals surface area contributed by atoms with Gasteiger partial charge in [0.2, 0.25) is 15.0 Å². The fourth-order valence-electron chi connectivity index (χ4n) is 2.60. The fourth-order valence-corrected chi connectivity index (χ4v) is 4.28. The van der Waals surface area contributed by atoms with Gasteiger partial charge in [0.25, 0.3) is 11.1 Å². The Hall–Kier alpha value is -3.66. The predicted octanol–water partition coefficient (Wildman–Crippen LogP) is 3.61. The van der Waals surface area contributed by atoms with E-state index in [1.807, 2.05) is 0 Å². The summed E-state index contributed by atoms with van der Waals surface area (Å²) in [6.45, 7) is 0.528. The Balaban J connectivity index is 1.58. The van der Waals surface area contributed by atoms with E-state index in [4.69, 9.17) is 25.8 Å². The maximum Gasteiger partial charge on any atom is 0.268 e. The van der Waals surface area contributed by atoms with Gasteiger partial charge in [-0.25, -0.2) is 8.42 Å². The molecule has 1 heterocycles. The summed E-state index contributed by atoms with van der Waals surface area (Å²) in [5.74, 6) is 1.04. The molecule has 0 fully saturated rings. The van der Waals surface area contributed by atoms with Crippen LogP contribution in [0.5, 0.6) is 17.2 Å². The van der Waals surface area contributed by atoms with Crippen LogP contribution in [0.1, 0.15) is 5.56 Å². The van der Waals surface area contributed by atoms with Crippen molar-refractivity contribution < 1.29 is 27.4 Å². The van der Waals surface area contributed by atoms with Gasteiger partial charge in [-0.1, -0.05) is 17.7 Å². The highest BCUT2D eigenvalue weighted by Gasteiger charge is 2.17. The van der Waals surface area contributed by atoms with Gasteiger partial charge in [0, 0.05) is 17.8 Å². The highest BCUT2D eigenvalue weighted by atomic mass is 35.5. The third kappa shape index (κ3) is 7.41. The number of sulfone groups is 1. The molecule has 0 radical (unpaired) electrons. The minimum absolute atomic E-state index is 0.0461. The average Bonchev–Trinajstić information content (AvgIpc) is 3.31. The summed E-state index contributed by atoms with van der Waals surface area (Å²) in [4.78, 5) is 16.1. The molecule has 1 aromatic heterocycles. The SMILES string of the molecule is COc1ccc(OCCOc2ccc(/C=C(/C#N)C(=O)Nc3nc(S(C)(=O)=O)ns3)cc2Cl)cc1. The Bertz CT molecular complexity index is 1380. The van der Waals surface area contributed by atoms with Crippen molar-refractivity contribution in [2.75, 3.05) is 31.9 Å². The summed E-state index contributed by atoms with van der Waals surface area (Å²) >= 11 is 6.96. The van der Waals surface area contributed by atoms with Crippen molar-refractivity contribution in [2.45, 2.75) is 5.16 Å². The van der Waals surface area contributed by atoms with Crippen molar-refractivity contribution in [1.82, 2.24) is 9.36 Å². The lowest BCUT2D eigenvalue weighted by Gasteiger charge is -2.10. The van der Waals surface area contributed by atoms with Gasteiger partial charge in [0.05, 0.1) is 12.1 Å². The van der Waals surface area contributed by atoms with E-state index >= 15 is 0 Å². The number of anilines is 1. The first kappa shape index (κ1) is 26.0.